The molecule has 5 nitrogen and oxygen atoms in total. The molecule has 0 spiro atoms. The van der Waals surface area contributed by atoms with Crippen molar-refractivity contribution in [3.8, 4) is 0 Å². The second-order valence-corrected chi connectivity index (χ2v) is 5.38. The van der Waals surface area contributed by atoms with Crippen molar-refractivity contribution < 1.29 is 22.5 Å². The third-order valence-electron chi connectivity index (χ3n) is 1.92. The van der Waals surface area contributed by atoms with Gasteiger partial charge in [-0.2, -0.15) is 8.42 Å². The van der Waals surface area contributed by atoms with E-state index in [0.29, 0.717) is 0 Å². The highest BCUT2D eigenvalue weighted by atomic mass is 35.5. The highest BCUT2D eigenvalue weighted by Crippen LogP contribution is 2.18. The van der Waals surface area contributed by atoms with Crippen molar-refractivity contribution in [2.24, 2.45) is 0 Å². The van der Waals surface area contributed by atoms with Crippen LogP contribution in [0.5, 0.6) is 0 Å². The number of rotatable bonds is 4. The standard InChI is InChI=1S/C10H11ClO5S/c1-7-2-3-9(11)8(6-7)10(12)16-4-5-17(13,14)15/h2-3,6H,4-5H2,1H3,(H,13,14,15). The lowest BCUT2D eigenvalue weighted by atomic mass is 10.1. The average Bonchev–Trinajstić information content (AvgIpc) is 2.19. The van der Waals surface area contributed by atoms with E-state index in [4.69, 9.17) is 16.2 Å². The quantitative estimate of drug-likeness (QED) is 0.670. The molecule has 1 rings (SSSR count). The lowest BCUT2D eigenvalue weighted by Gasteiger charge is -2.06. The molecule has 94 valence electrons. The Morgan fingerprint density at radius 3 is 2.71 bits per heavy atom. The first-order chi connectivity index (χ1) is 7.79. The summed E-state index contributed by atoms with van der Waals surface area (Å²) in [5, 5.41) is 0.229. The van der Waals surface area contributed by atoms with E-state index < -0.39 is 28.4 Å². The van der Waals surface area contributed by atoms with Gasteiger partial charge in [0.2, 0.25) is 0 Å². The smallest absolute Gasteiger partial charge is 0.339 e. The molecular formula is C10H11ClO5S. The minimum Gasteiger partial charge on any atom is -0.461 e. The second kappa shape index (κ2) is 5.48. The van der Waals surface area contributed by atoms with Crippen LogP contribution in [0.25, 0.3) is 0 Å². The van der Waals surface area contributed by atoms with Gasteiger partial charge in [0.1, 0.15) is 12.4 Å². The Labute approximate surface area is 104 Å². The maximum absolute atomic E-state index is 11.5. The van der Waals surface area contributed by atoms with Crippen molar-refractivity contribution in [1.29, 1.82) is 0 Å². The molecule has 0 saturated carbocycles. The maximum Gasteiger partial charge on any atom is 0.339 e. The molecule has 0 bridgehead atoms. The zero-order valence-corrected chi connectivity index (χ0v) is 10.6. The largest absolute Gasteiger partial charge is 0.461 e. The third-order valence-corrected chi connectivity index (χ3v) is 2.93. The zero-order valence-electron chi connectivity index (χ0n) is 9.01. The average molecular weight is 279 g/mol. The van der Waals surface area contributed by atoms with E-state index >= 15 is 0 Å². The van der Waals surface area contributed by atoms with E-state index in [2.05, 4.69) is 4.74 Å². The maximum atomic E-state index is 11.5. The van der Waals surface area contributed by atoms with Gasteiger partial charge in [-0.1, -0.05) is 23.2 Å². The second-order valence-electron chi connectivity index (χ2n) is 3.41. The summed E-state index contributed by atoms with van der Waals surface area (Å²) in [5.41, 5.74) is 0.998. The molecule has 0 saturated heterocycles. The molecule has 0 aliphatic heterocycles. The summed E-state index contributed by atoms with van der Waals surface area (Å²) < 4.78 is 33.9. The number of halogens is 1. The summed E-state index contributed by atoms with van der Waals surface area (Å²) >= 11 is 5.79. The van der Waals surface area contributed by atoms with E-state index in [1.807, 2.05) is 0 Å². The molecule has 0 unspecified atom stereocenters. The molecule has 7 heteroatoms. The molecule has 17 heavy (non-hydrogen) atoms. The van der Waals surface area contributed by atoms with Gasteiger partial charge in [-0.25, -0.2) is 4.79 Å². The van der Waals surface area contributed by atoms with Crippen LogP contribution in [-0.2, 0) is 14.9 Å². The van der Waals surface area contributed by atoms with Gasteiger partial charge < -0.3 is 4.74 Å². The van der Waals surface area contributed by atoms with Crippen molar-refractivity contribution in [3.63, 3.8) is 0 Å². The number of hydrogen-bond acceptors (Lipinski definition) is 4. The van der Waals surface area contributed by atoms with Gasteiger partial charge in [0.05, 0.1) is 10.6 Å². The van der Waals surface area contributed by atoms with Crippen molar-refractivity contribution >= 4 is 27.7 Å². The molecule has 1 N–H and O–H groups in total. The number of hydrogen-bond donors (Lipinski definition) is 1. The van der Waals surface area contributed by atoms with Crippen LogP contribution in [0.15, 0.2) is 18.2 Å². The van der Waals surface area contributed by atoms with Gasteiger partial charge in [0, 0.05) is 0 Å². The number of carbonyl (C=O) groups excluding carboxylic acids is 1. The fourth-order valence-electron chi connectivity index (χ4n) is 1.11. The zero-order chi connectivity index (χ0) is 13.1. The van der Waals surface area contributed by atoms with E-state index in [-0.39, 0.29) is 10.6 Å². The predicted molar refractivity (Wildman–Crippen MR) is 62.9 cm³/mol. The molecule has 0 aliphatic carbocycles. The van der Waals surface area contributed by atoms with Gasteiger partial charge in [-0.15, -0.1) is 0 Å². The van der Waals surface area contributed by atoms with Crippen LogP contribution >= 0.6 is 11.6 Å². The first kappa shape index (κ1) is 14.0. The molecule has 1 aromatic carbocycles. The summed E-state index contributed by atoms with van der Waals surface area (Å²) in [6.07, 6.45) is 0. The summed E-state index contributed by atoms with van der Waals surface area (Å²) in [6.45, 7) is 1.37. The lowest BCUT2D eigenvalue weighted by Crippen LogP contribution is -2.15. The highest BCUT2D eigenvalue weighted by molar-refractivity contribution is 7.85. The number of benzene rings is 1. The molecule has 0 amide bonds. The molecule has 0 atom stereocenters. The minimum absolute atomic E-state index is 0.169. The summed E-state index contributed by atoms with van der Waals surface area (Å²) in [4.78, 5) is 11.5. The van der Waals surface area contributed by atoms with Crippen LogP contribution in [0.4, 0.5) is 0 Å². The monoisotopic (exact) mass is 278 g/mol. The summed E-state index contributed by atoms with van der Waals surface area (Å²) in [5.74, 6) is -1.36. The van der Waals surface area contributed by atoms with Crippen LogP contribution in [-0.4, -0.2) is 31.3 Å². The van der Waals surface area contributed by atoms with Crippen LogP contribution in [0.3, 0.4) is 0 Å². The van der Waals surface area contributed by atoms with E-state index in [1.165, 1.54) is 6.07 Å². The molecular weight excluding hydrogens is 268 g/mol. The minimum atomic E-state index is -4.13. The number of esters is 1. The lowest BCUT2D eigenvalue weighted by molar-refractivity contribution is 0.0528. The predicted octanol–water partition coefficient (Wildman–Crippen LogP) is 1.69. The fraction of sp³-hybridized carbons (Fsp3) is 0.300. The number of carbonyl (C=O) groups is 1. The first-order valence-corrected chi connectivity index (χ1v) is 6.67. The Morgan fingerprint density at radius 1 is 1.47 bits per heavy atom. The fourth-order valence-corrected chi connectivity index (χ4v) is 1.60. The Kier molecular flexibility index (Phi) is 4.50. The first-order valence-electron chi connectivity index (χ1n) is 4.68. The van der Waals surface area contributed by atoms with Crippen LogP contribution < -0.4 is 0 Å². The van der Waals surface area contributed by atoms with E-state index in [1.54, 1.807) is 19.1 Å². The Hall–Kier alpha value is -1.11. The summed E-state index contributed by atoms with van der Waals surface area (Å²) in [6, 6.07) is 4.83. The normalized spacial score (nSPS) is 11.2. The Balaban J connectivity index is 2.67. The summed E-state index contributed by atoms with van der Waals surface area (Å²) in [7, 11) is -4.13. The molecule has 0 fully saturated rings. The Morgan fingerprint density at radius 2 is 2.12 bits per heavy atom. The molecule has 0 aliphatic rings. The van der Waals surface area contributed by atoms with Gasteiger partial charge in [0.25, 0.3) is 10.1 Å². The van der Waals surface area contributed by atoms with Gasteiger partial charge in [0.15, 0.2) is 0 Å². The highest BCUT2D eigenvalue weighted by Gasteiger charge is 2.13. The molecule has 0 aromatic heterocycles. The van der Waals surface area contributed by atoms with E-state index in [0.717, 1.165) is 5.56 Å². The van der Waals surface area contributed by atoms with Crippen molar-refractivity contribution in [1.82, 2.24) is 0 Å². The third kappa shape index (κ3) is 4.72. The van der Waals surface area contributed by atoms with Crippen LogP contribution in [0, 0.1) is 6.92 Å². The van der Waals surface area contributed by atoms with Crippen molar-refractivity contribution in [3.05, 3.63) is 34.3 Å². The Bertz CT molecular complexity index is 523. The van der Waals surface area contributed by atoms with Crippen molar-refractivity contribution in [2.45, 2.75) is 6.92 Å². The topological polar surface area (TPSA) is 80.7 Å². The van der Waals surface area contributed by atoms with Gasteiger partial charge >= 0.3 is 5.97 Å². The molecule has 0 heterocycles. The number of ether oxygens (including phenoxy) is 1. The SMILES string of the molecule is Cc1ccc(Cl)c(C(=O)OCCS(=O)(=O)O)c1. The van der Waals surface area contributed by atoms with Crippen molar-refractivity contribution in [2.75, 3.05) is 12.4 Å². The van der Waals surface area contributed by atoms with Crippen LogP contribution in [0.2, 0.25) is 5.02 Å². The molecule has 1 aromatic rings. The van der Waals surface area contributed by atoms with E-state index in [9.17, 15) is 13.2 Å². The molecule has 0 radical (unpaired) electrons. The van der Waals surface area contributed by atoms with Gasteiger partial charge in [-0.3, -0.25) is 4.55 Å². The van der Waals surface area contributed by atoms with Crippen LogP contribution in [0.1, 0.15) is 15.9 Å². The number of aryl methyl sites for hydroxylation is 1. The van der Waals surface area contributed by atoms with Gasteiger partial charge in [-0.05, 0) is 19.1 Å².